The highest BCUT2D eigenvalue weighted by atomic mass is 35.5. The second-order valence-corrected chi connectivity index (χ2v) is 2.59. The summed E-state index contributed by atoms with van der Waals surface area (Å²) >= 11 is 5.51. The van der Waals surface area contributed by atoms with Crippen LogP contribution in [0.15, 0.2) is 0 Å². The SMILES string of the molecule is O=[PH+]SNC(=O)Cl. The van der Waals surface area contributed by atoms with Crippen molar-refractivity contribution in [3.8, 4) is 0 Å². The molecular weight excluding hydrogens is 157 g/mol. The van der Waals surface area contributed by atoms with Crippen molar-refractivity contribution in [2.24, 2.45) is 0 Å². The number of carbonyl (C=O) groups excluding carboxylic acids is 1. The predicted octanol–water partition coefficient (Wildman–Crippen LogP) is 1.52. The molecule has 0 aromatic heterocycles. The molecule has 7 heavy (non-hydrogen) atoms. The van der Waals surface area contributed by atoms with Crippen molar-refractivity contribution in [2.45, 2.75) is 0 Å². The van der Waals surface area contributed by atoms with E-state index in [1.165, 1.54) is 0 Å². The summed E-state index contributed by atoms with van der Waals surface area (Å²) in [5, 5.41) is -0.701. The first-order chi connectivity index (χ1) is 3.27. The molecule has 1 N–H and O–H groups in total. The van der Waals surface area contributed by atoms with Crippen molar-refractivity contribution in [3.05, 3.63) is 0 Å². The van der Waals surface area contributed by atoms with Gasteiger partial charge in [-0.15, -0.1) is 0 Å². The van der Waals surface area contributed by atoms with E-state index in [1.54, 1.807) is 0 Å². The van der Waals surface area contributed by atoms with E-state index >= 15 is 0 Å². The molecule has 0 aliphatic rings. The molecule has 0 heterocycles. The van der Waals surface area contributed by atoms with Crippen molar-refractivity contribution in [2.75, 3.05) is 0 Å². The Labute approximate surface area is 50.9 Å². The Morgan fingerprint density at radius 2 is 2.43 bits per heavy atom. The van der Waals surface area contributed by atoms with Crippen LogP contribution in [0, 0.1) is 0 Å². The minimum absolute atomic E-state index is 0.599. The summed E-state index contributed by atoms with van der Waals surface area (Å²) in [5.41, 5.74) is 0. The van der Waals surface area contributed by atoms with Gasteiger partial charge in [0.05, 0.1) is 0 Å². The van der Waals surface area contributed by atoms with Crippen molar-refractivity contribution in [3.63, 3.8) is 0 Å². The number of nitrogens with one attached hydrogen (secondary N) is 1. The zero-order valence-corrected chi connectivity index (χ0v) is 5.68. The highest BCUT2D eigenvalue weighted by Gasteiger charge is 1.96. The van der Waals surface area contributed by atoms with Crippen LogP contribution >= 0.6 is 30.8 Å². The lowest BCUT2D eigenvalue weighted by atomic mass is 11.5. The van der Waals surface area contributed by atoms with Gasteiger partial charge in [-0.1, -0.05) is 4.57 Å². The molecule has 0 spiro atoms. The van der Waals surface area contributed by atoms with Gasteiger partial charge in [-0.3, -0.25) is 4.79 Å². The van der Waals surface area contributed by atoms with Crippen LogP contribution in [0.5, 0.6) is 0 Å². The molecule has 0 saturated heterocycles. The number of halogens is 1. The zero-order chi connectivity index (χ0) is 5.70. The van der Waals surface area contributed by atoms with E-state index < -0.39 is 13.0 Å². The highest BCUT2D eigenvalue weighted by molar-refractivity contribution is 8.44. The maximum Gasteiger partial charge on any atom is 0.419 e. The molecule has 1 atom stereocenters. The minimum Gasteiger partial charge on any atom is -0.255 e. The third kappa shape index (κ3) is 6.21. The third-order valence-electron chi connectivity index (χ3n) is 0.173. The summed E-state index contributed by atoms with van der Waals surface area (Å²) in [5.74, 6) is 0. The van der Waals surface area contributed by atoms with Gasteiger partial charge in [0.15, 0.2) is 0 Å². The normalized spacial score (nSPS) is 8.71. The minimum atomic E-state index is -0.701. The van der Waals surface area contributed by atoms with Crippen LogP contribution in [0.1, 0.15) is 0 Å². The van der Waals surface area contributed by atoms with Gasteiger partial charge >= 0.3 is 13.0 Å². The predicted molar refractivity (Wildman–Crippen MR) is 31.0 cm³/mol. The largest absolute Gasteiger partial charge is 0.419 e. The Morgan fingerprint density at radius 1 is 1.86 bits per heavy atom. The van der Waals surface area contributed by atoms with Crippen LogP contribution in [0.25, 0.3) is 0 Å². The number of hydrogen-bond donors (Lipinski definition) is 1. The van der Waals surface area contributed by atoms with Crippen LogP contribution < -0.4 is 4.72 Å². The topological polar surface area (TPSA) is 46.2 Å². The molecule has 0 aromatic carbocycles. The number of carbonyl (C=O) groups is 1. The fraction of sp³-hybridized carbons (Fsp3) is 0. The number of amides is 1. The van der Waals surface area contributed by atoms with Crippen LogP contribution in [0.4, 0.5) is 4.79 Å². The monoisotopic (exact) mass is 158 g/mol. The molecule has 1 unspecified atom stereocenters. The highest BCUT2D eigenvalue weighted by Crippen LogP contribution is 2.11. The summed E-state index contributed by atoms with van der Waals surface area (Å²) in [6.45, 7) is 0. The van der Waals surface area contributed by atoms with Gasteiger partial charge in [0.25, 0.3) is 0 Å². The van der Waals surface area contributed by atoms with Gasteiger partial charge in [0.1, 0.15) is 0 Å². The lowest BCUT2D eigenvalue weighted by Crippen LogP contribution is -2.01. The summed E-state index contributed by atoms with van der Waals surface area (Å²) in [7, 11) is -0.599. The van der Waals surface area contributed by atoms with Crippen molar-refractivity contribution >= 4 is 36.2 Å². The smallest absolute Gasteiger partial charge is 0.255 e. The Kier molecular flexibility index (Phi) is 4.50. The first-order valence-electron chi connectivity index (χ1n) is 1.26. The Morgan fingerprint density at radius 3 is 2.57 bits per heavy atom. The molecule has 6 heteroatoms. The summed E-state index contributed by atoms with van der Waals surface area (Å²) in [4.78, 5) is 9.70. The van der Waals surface area contributed by atoms with Crippen LogP contribution in [0.3, 0.4) is 0 Å². The molecule has 1 amide bonds. The summed E-state index contributed by atoms with van der Waals surface area (Å²) in [6.07, 6.45) is 0. The molecule has 0 saturated carbocycles. The van der Waals surface area contributed by atoms with Gasteiger partial charge in [0, 0.05) is 0 Å². The molecule has 0 aliphatic heterocycles. The van der Waals surface area contributed by atoms with Crippen molar-refractivity contribution in [1.82, 2.24) is 4.72 Å². The molecule has 0 aliphatic carbocycles. The maximum atomic E-state index is 9.70. The first-order valence-corrected chi connectivity index (χ1v) is 4.08. The van der Waals surface area contributed by atoms with E-state index in [9.17, 15) is 9.36 Å². The van der Waals surface area contributed by atoms with Gasteiger partial charge in [-0.2, -0.15) is 0 Å². The standard InChI is InChI=1S/CHClNO2PS/c2-1(4)3-7-6-5/h(H,3,4)/p+1. The van der Waals surface area contributed by atoms with E-state index in [-0.39, 0.29) is 0 Å². The fourth-order valence-electron chi connectivity index (χ4n) is 0.0610. The lowest BCUT2D eigenvalue weighted by Gasteiger charge is -1.76. The first kappa shape index (κ1) is 7.21. The zero-order valence-electron chi connectivity index (χ0n) is 3.10. The average molecular weight is 159 g/mol. The van der Waals surface area contributed by atoms with Crippen molar-refractivity contribution < 1.29 is 9.36 Å². The quantitative estimate of drug-likeness (QED) is 0.287. The van der Waals surface area contributed by atoms with Crippen molar-refractivity contribution in [1.29, 1.82) is 0 Å². The van der Waals surface area contributed by atoms with Gasteiger partial charge in [0.2, 0.25) is 11.6 Å². The van der Waals surface area contributed by atoms with Crippen LogP contribution in [-0.4, -0.2) is 5.37 Å². The van der Waals surface area contributed by atoms with Crippen LogP contribution in [-0.2, 0) is 4.57 Å². The molecule has 40 valence electrons. The van der Waals surface area contributed by atoms with E-state index in [0.29, 0.717) is 0 Å². The Bertz CT molecular complexity index is 87.8. The fourth-order valence-corrected chi connectivity index (χ4v) is 0.896. The van der Waals surface area contributed by atoms with Crippen LogP contribution in [0.2, 0.25) is 0 Å². The van der Waals surface area contributed by atoms with E-state index in [2.05, 4.69) is 0 Å². The molecule has 0 radical (unpaired) electrons. The molecule has 0 aromatic rings. The summed E-state index contributed by atoms with van der Waals surface area (Å²) in [6, 6.07) is 0. The number of rotatable bonds is 2. The van der Waals surface area contributed by atoms with Gasteiger partial charge in [-0.25, -0.2) is 4.72 Å². The van der Waals surface area contributed by atoms with Gasteiger partial charge < -0.3 is 0 Å². The Balaban J connectivity index is 2.97. The number of hydrogen-bond acceptors (Lipinski definition) is 3. The second kappa shape index (κ2) is 4.37. The van der Waals surface area contributed by atoms with E-state index in [0.717, 1.165) is 11.6 Å². The molecule has 0 fully saturated rings. The lowest BCUT2D eigenvalue weighted by molar-refractivity contribution is 0.264. The van der Waals surface area contributed by atoms with E-state index in [1.807, 2.05) is 4.72 Å². The molecule has 0 bridgehead atoms. The average Bonchev–Trinajstić information content (AvgIpc) is 1.61. The maximum absolute atomic E-state index is 9.70. The molecule has 0 rings (SSSR count). The van der Waals surface area contributed by atoms with E-state index in [4.69, 9.17) is 11.6 Å². The Hall–Kier alpha value is 0.210. The second-order valence-electron chi connectivity index (χ2n) is 0.561. The third-order valence-corrected chi connectivity index (χ3v) is 1.31. The molecular formula is CH2ClNO2PS+. The molecule has 3 nitrogen and oxygen atoms in total. The van der Waals surface area contributed by atoms with Gasteiger partial charge in [-0.05, 0) is 11.6 Å². The summed E-state index contributed by atoms with van der Waals surface area (Å²) < 4.78 is 11.6.